The normalized spacial score (nSPS) is 29.1. The number of amides is 3. The van der Waals surface area contributed by atoms with Gasteiger partial charge in [0.25, 0.3) is 0 Å². The van der Waals surface area contributed by atoms with Crippen molar-refractivity contribution in [2.24, 2.45) is 11.8 Å². The Hall–Kier alpha value is -1.70. The summed E-state index contributed by atoms with van der Waals surface area (Å²) in [5, 5.41) is 3.47. The summed E-state index contributed by atoms with van der Waals surface area (Å²) in [4.78, 5) is 28.5. The average molecular weight is 384 g/mol. The van der Waals surface area contributed by atoms with Crippen LogP contribution >= 0.6 is 11.6 Å². The summed E-state index contributed by atoms with van der Waals surface area (Å²) in [6, 6.07) is 3.81. The summed E-state index contributed by atoms with van der Waals surface area (Å²) in [5.74, 6) is -1.30. The monoisotopic (exact) mass is 383 g/mol. The summed E-state index contributed by atoms with van der Waals surface area (Å²) in [6.45, 7) is 2.50. The maximum Gasteiger partial charge on any atom is 0.328 e. The molecule has 0 aromatic heterocycles. The van der Waals surface area contributed by atoms with Gasteiger partial charge in [-0.25, -0.2) is 9.18 Å². The van der Waals surface area contributed by atoms with Gasteiger partial charge in [0.1, 0.15) is 5.82 Å². The second kappa shape index (κ2) is 7.50. The van der Waals surface area contributed by atoms with Crippen LogP contribution in [0.25, 0.3) is 0 Å². The number of urea groups is 1. The van der Waals surface area contributed by atoms with Crippen LogP contribution in [0.2, 0.25) is 5.02 Å². The minimum atomic E-state index is -0.549. The van der Waals surface area contributed by atoms with Crippen LogP contribution in [0.5, 0.6) is 0 Å². The van der Waals surface area contributed by atoms with Gasteiger partial charge in [0, 0.05) is 31.3 Å². The van der Waals surface area contributed by atoms with Crippen LogP contribution in [0.15, 0.2) is 18.2 Å². The number of rotatable bonds is 4. The number of imide groups is 1. The summed E-state index contributed by atoms with van der Waals surface area (Å²) in [7, 11) is 3.21. The third-order valence-electron chi connectivity index (χ3n) is 5.42. The molecule has 4 unspecified atom stereocenters. The lowest BCUT2D eigenvalue weighted by Crippen LogP contribution is -2.71. The van der Waals surface area contributed by atoms with Crippen LogP contribution in [0.1, 0.15) is 18.9 Å². The number of hydrogen-bond donors (Lipinski definition) is 1. The third kappa shape index (κ3) is 3.08. The van der Waals surface area contributed by atoms with E-state index < -0.39 is 23.9 Å². The first-order valence-corrected chi connectivity index (χ1v) is 9.05. The Bertz CT molecular complexity index is 697. The molecule has 3 amide bonds. The van der Waals surface area contributed by atoms with Crippen molar-refractivity contribution in [3.63, 3.8) is 0 Å². The predicted molar refractivity (Wildman–Crippen MR) is 95.0 cm³/mol. The number of carbonyl (C=O) groups excluding carboxylic acids is 2. The summed E-state index contributed by atoms with van der Waals surface area (Å²) < 4.78 is 19.8. The molecule has 2 heterocycles. The number of piperidine rings is 1. The van der Waals surface area contributed by atoms with Crippen LogP contribution in [0, 0.1) is 17.7 Å². The lowest BCUT2D eigenvalue weighted by molar-refractivity contribution is -0.154. The van der Waals surface area contributed by atoms with Crippen LogP contribution in [-0.4, -0.2) is 54.7 Å². The second-order valence-electron chi connectivity index (χ2n) is 6.77. The highest BCUT2D eigenvalue weighted by Gasteiger charge is 2.52. The molecule has 1 aromatic carbocycles. The molecule has 8 heteroatoms. The Kier molecular flexibility index (Phi) is 5.50. The van der Waals surface area contributed by atoms with Crippen LogP contribution in [0.3, 0.4) is 0 Å². The van der Waals surface area contributed by atoms with Crippen molar-refractivity contribution in [3.05, 3.63) is 34.6 Å². The van der Waals surface area contributed by atoms with Gasteiger partial charge in [0.2, 0.25) is 5.91 Å². The van der Waals surface area contributed by atoms with Gasteiger partial charge in [-0.05, 0) is 24.5 Å². The highest BCUT2D eigenvalue weighted by molar-refractivity contribution is 6.31. The summed E-state index contributed by atoms with van der Waals surface area (Å²) >= 11 is 6.08. The first-order chi connectivity index (χ1) is 12.4. The molecule has 1 aromatic rings. The molecule has 0 spiro atoms. The van der Waals surface area contributed by atoms with Crippen molar-refractivity contribution < 1.29 is 18.7 Å². The number of ether oxygens (including phenoxy) is 1. The van der Waals surface area contributed by atoms with Crippen LogP contribution < -0.4 is 5.32 Å². The zero-order valence-corrected chi connectivity index (χ0v) is 15.8. The largest absolute Gasteiger partial charge is 0.380 e. The smallest absolute Gasteiger partial charge is 0.328 e. The second-order valence-corrected chi connectivity index (χ2v) is 7.17. The number of methoxy groups -OCH3 is 1. The number of halogens is 2. The van der Waals surface area contributed by atoms with Crippen molar-refractivity contribution in [2.75, 3.05) is 20.7 Å². The summed E-state index contributed by atoms with van der Waals surface area (Å²) in [5.41, 5.74) is 0.132. The maximum absolute atomic E-state index is 14.2. The first kappa shape index (κ1) is 19.1. The Labute approximate surface area is 157 Å². The van der Waals surface area contributed by atoms with Gasteiger partial charge in [-0.2, -0.15) is 0 Å². The van der Waals surface area contributed by atoms with Gasteiger partial charge in [0.15, 0.2) is 0 Å². The van der Waals surface area contributed by atoms with E-state index in [9.17, 15) is 14.0 Å². The quantitative estimate of drug-likeness (QED) is 0.867. The van der Waals surface area contributed by atoms with E-state index >= 15 is 0 Å². The van der Waals surface area contributed by atoms with Crippen molar-refractivity contribution in [1.29, 1.82) is 0 Å². The average Bonchev–Trinajstić information content (AvgIpc) is 2.64. The van der Waals surface area contributed by atoms with E-state index in [1.165, 1.54) is 17.0 Å². The van der Waals surface area contributed by atoms with Gasteiger partial charge in [-0.1, -0.05) is 24.6 Å². The molecular weight excluding hydrogens is 361 g/mol. The molecule has 2 aliphatic heterocycles. The number of benzene rings is 1. The molecule has 4 atom stereocenters. The van der Waals surface area contributed by atoms with E-state index in [0.717, 1.165) is 11.3 Å². The fraction of sp³-hybridized carbons (Fsp3) is 0.556. The Morgan fingerprint density at radius 2 is 2.12 bits per heavy atom. The fourth-order valence-electron chi connectivity index (χ4n) is 3.93. The molecule has 0 radical (unpaired) electrons. The number of carbonyl (C=O) groups is 2. The molecule has 26 heavy (non-hydrogen) atoms. The van der Waals surface area contributed by atoms with E-state index in [4.69, 9.17) is 16.3 Å². The van der Waals surface area contributed by atoms with Crippen LogP contribution in [-0.2, 0) is 16.1 Å². The number of nitrogens with zero attached hydrogens (tertiary/aromatic N) is 2. The highest BCUT2D eigenvalue weighted by Crippen LogP contribution is 2.34. The zero-order chi connectivity index (χ0) is 19.0. The van der Waals surface area contributed by atoms with E-state index in [0.29, 0.717) is 6.54 Å². The molecule has 142 valence electrons. The molecular formula is C18H23ClFN3O3. The van der Waals surface area contributed by atoms with Gasteiger partial charge < -0.3 is 9.64 Å². The summed E-state index contributed by atoms with van der Waals surface area (Å²) in [6.07, 6.45) is 0.0988. The Morgan fingerprint density at radius 3 is 2.73 bits per heavy atom. The van der Waals surface area contributed by atoms with E-state index in [2.05, 4.69) is 5.32 Å². The molecule has 0 bridgehead atoms. The molecule has 1 N–H and O–H groups in total. The van der Waals surface area contributed by atoms with E-state index in [1.54, 1.807) is 20.2 Å². The van der Waals surface area contributed by atoms with E-state index in [-0.39, 0.29) is 35.1 Å². The highest BCUT2D eigenvalue weighted by atomic mass is 35.5. The van der Waals surface area contributed by atoms with Crippen molar-refractivity contribution >= 4 is 23.5 Å². The molecule has 2 saturated heterocycles. The lowest BCUT2D eigenvalue weighted by atomic mass is 9.80. The van der Waals surface area contributed by atoms with Crippen molar-refractivity contribution in [1.82, 2.24) is 15.1 Å². The zero-order valence-electron chi connectivity index (χ0n) is 15.0. The molecule has 2 fully saturated rings. The number of fused-ring (bicyclic) bond motifs is 1. The molecule has 6 nitrogen and oxygen atoms in total. The van der Waals surface area contributed by atoms with E-state index in [1.807, 2.05) is 6.92 Å². The number of hydrogen-bond acceptors (Lipinski definition) is 4. The molecule has 3 rings (SSSR count). The topological polar surface area (TPSA) is 61.9 Å². The molecule has 0 saturated carbocycles. The van der Waals surface area contributed by atoms with Gasteiger partial charge in [-0.3, -0.25) is 15.0 Å². The standard InChI is InChI=1S/C18H23ClFN3O3/c1-4-10-8-21-16-14(15(10)26-3)17(24)23(18(25)22(16)2)9-11-12(19)6-5-7-13(11)20/h5-7,10,14-16,21H,4,8-9H2,1-3H3. The predicted octanol–water partition coefficient (Wildman–Crippen LogP) is 2.46. The van der Waals surface area contributed by atoms with Crippen molar-refractivity contribution in [2.45, 2.75) is 32.2 Å². The minimum absolute atomic E-state index is 0.132. The fourth-order valence-corrected chi connectivity index (χ4v) is 4.15. The lowest BCUT2D eigenvalue weighted by Gasteiger charge is -2.50. The maximum atomic E-state index is 14.2. The van der Waals surface area contributed by atoms with Crippen molar-refractivity contribution in [3.8, 4) is 0 Å². The molecule has 2 aliphatic rings. The molecule has 0 aliphatic carbocycles. The SMILES string of the molecule is CCC1CNC2C(C(=O)N(Cc3c(F)cccc3Cl)C(=O)N2C)C1OC. The Morgan fingerprint density at radius 1 is 1.38 bits per heavy atom. The number of nitrogens with one attached hydrogen (secondary N) is 1. The minimum Gasteiger partial charge on any atom is -0.380 e. The third-order valence-corrected chi connectivity index (χ3v) is 5.78. The first-order valence-electron chi connectivity index (χ1n) is 8.67. The Balaban J connectivity index is 1.94. The van der Waals surface area contributed by atoms with Gasteiger partial charge in [-0.15, -0.1) is 0 Å². The van der Waals surface area contributed by atoms with Gasteiger partial charge in [0.05, 0.1) is 24.7 Å². The van der Waals surface area contributed by atoms with Crippen LogP contribution in [0.4, 0.5) is 9.18 Å². The van der Waals surface area contributed by atoms with Gasteiger partial charge >= 0.3 is 6.03 Å².